The third-order valence-electron chi connectivity index (χ3n) is 2.85. The lowest BCUT2D eigenvalue weighted by atomic mass is 10.2. The molecule has 0 radical (unpaired) electrons. The Kier molecular flexibility index (Phi) is 10.3. The van der Waals surface area contributed by atoms with E-state index in [9.17, 15) is 9.67 Å². The van der Waals surface area contributed by atoms with Crippen LogP contribution in [0.5, 0.6) is 5.75 Å². The molecule has 132 valence electrons. The normalized spacial score (nSPS) is 16.7. The fourth-order valence-electron chi connectivity index (χ4n) is 1.57. The number of halogens is 4. The Morgan fingerprint density at radius 3 is 1.91 bits per heavy atom. The summed E-state index contributed by atoms with van der Waals surface area (Å²) in [5.41, 5.74) is 0.898. The molecule has 0 aliphatic carbocycles. The second-order valence-corrected chi connectivity index (χ2v) is 8.88. The van der Waals surface area contributed by atoms with E-state index < -0.39 is 18.3 Å². The predicted molar refractivity (Wildman–Crippen MR) is 96.9 cm³/mol. The number of hydrogen-bond acceptors (Lipinski definition) is 4. The van der Waals surface area contributed by atoms with Crippen molar-refractivity contribution in [2.45, 2.75) is 17.2 Å². The van der Waals surface area contributed by atoms with Crippen LogP contribution in [-0.4, -0.2) is 47.0 Å². The SMILES string of the molecule is O=P(CCc1ccc(O)cc1)(OCC(Cl)CCl)OCC(Cl)CCl. The second-order valence-electron chi connectivity index (χ2n) is 4.85. The molecule has 0 fully saturated rings. The third-order valence-corrected chi connectivity index (χ3v) is 6.33. The molecule has 1 aromatic rings. The van der Waals surface area contributed by atoms with Gasteiger partial charge in [-0.3, -0.25) is 4.57 Å². The summed E-state index contributed by atoms with van der Waals surface area (Å²) in [6.07, 6.45) is 0.620. The highest BCUT2D eigenvalue weighted by atomic mass is 35.5. The molecule has 0 saturated heterocycles. The fraction of sp³-hybridized carbons (Fsp3) is 0.571. The molecule has 23 heavy (non-hydrogen) atoms. The van der Waals surface area contributed by atoms with Crippen molar-refractivity contribution in [1.29, 1.82) is 0 Å². The number of phenols is 1. The summed E-state index contributed by atoms with van der Waals surface area (Å²) in [5, 5.41) is 8.36. The minimum atomic E-state index is -3.38. The summed E-state index contributed by atoms with van der Waals surface area (Å²) >= 11 is 23.0. The van der Waals surface area contributed by atoms with E-state index >= 15 is 0 Å². The number of aromatic hydroxyl groups is 1. The van der Waals surface area contributed by atoms with E-state index in [2.05, 4.69) is 0 Å². The molecule has 0 heterocycles. The van der Waals surface area contributed by atoms with Crippen molar-refractivity contribution in [3.63, 3.8) is 0 Å². The molecule has 1 aromatic carbocycles. The highest BCUT2D eigenvalue weighted by molar-refractivity contribution is 7.53. The summed E-state index contributed by atoms with van der Waals surface area (Å²) in [7, 11) is -3.38. The van der Waals surface area contributed by atoms with Gasteiger partial charge in [0.1, 0.15) is 5.75 Å². The first-order valence-corrected chi connectivity index (χ1v) is 10.6. The van der Waals surface area contributed by atoms with E-state index in [1.54, 1.807) is 24.3 Å². The van der Waals surface area contributed by atoms with Gasteiger partial charge < -0.3 is 14.2 Å². The molecule has 2 unspecified atom stereocenters. The van der Waals surface area contributed by atoms with Gasteiger partial charge in [0.25, 0.3) is 0 Å². The van der Waals surface area contributed by atoms with E-state index in [0.717, 1.165) is 5.56 Å². The molecular weight excluding hydrogens is 405 g/mol. The zero-order valence-electron chi connectivity index (χ0n) is 12.3. The molecule has 4 nitrogen and oxygen atoms in total. The van der Waals surface area contributed by atoms with Crippen molar-refractivity contribution in [2.24, 2.45) is 0 Å². The summed E-state index contributed by atoms with van der Waals surface area (Å²) in [4.78, 5) is 0. The highest BCUT2D eigenvalue weighted by Crippen LogP contribution is 2.49. The highest BCUT2D eigenvalue weighted by Gasteiger charge is 2.27. The maximum atomic E-state index is 12.8. The Morgan fingerprint density at radius 1 is 1.00 bits per heavy atom. The monoisotopic (exact) mass is 422 g/mol. The van der Waals surface area contributed by atoms with Gasteiger partial charge in [0.05, 0.1) is 30.1 Å². The van der Waals surface area contributed by atoms with Crippen LogP contribution >= 0.6 is 54.0 Å². The van der Waals surface area contributed by atoms with E-state index in [-0.39, 0.29) is 36.9 Å². The predicted octanol–water partition coefficient (Wildman–Crippen LogP) is 4.85. The van der Waals surface area contributed by atoms with Crippen LogP contribution in [0.2, 0.25) is 0 Å². The van der Waals surface area contributed by atoms with Crippen LogP contribution in [0.15, 0.2) is 24.3 Å². The quantitative estimate of drug-likeness (QED) is 0.408. The summed E-state index contributed by atoms with van der Waals surface area (Å²) < 4.78 is 23.6. The van der Waals surface area contributed by atoms with Crippen molar-refractivity contribution in [2.75, 3.05) is 31.1 Å². The van der Waals surface area contributed by atoms with Crippen molar-refractivity contribution in [3.05, 3.63) is 29.8 Å². The topological polar surface area (TPSA) is 55.8 Å². The van der Waals surface area contributed by atoms with Crippen molar-refractivity contribution < 1.29 is 18.7 Å². The Labute approximate surface area is 156 Å². The van der Waals surface area contributed by atoms with Gasteiger partial charge in [-0.2, -0.15) is 0 Å². The average molecular weight is 424 g/mol. The number of phenolic OH excluding ortho intramolecular Hbond substituents is 1. The largest absolute Gasteiger partial charge is 0.508 e. The van der Waals surface area contributed by atoms with Gasteiger partial charge in [-0.1, -0.05) is 12.1 Å². The van der Waals surface area contributed by atoms with Crippen molar-refractivity contribution >= 4 is 54.0 Å². The first kappa shape index (κ1) is 21.4. The van der Waals surface area contributed by atoms with E-state index in [0.29, 0.717) is 6.42 Å². The Balaban J connectivity index is 2.64. The van der Waals surface area contributed by atoms with Crippen LogP contribution in [0.3, 0.4) is 0 Å². The number of alkyl halides is 4. The van der Waals surface area contributed by atoms with Crippen molar-refractivity contribution in [1.82, 2.24) is 0 Å². The molecule has 2 atom stereocenters. The van der Waals surface area contributed by atoms with Crippen LogP contribution < -0.4 is 0 Å². The molecule has 0 aromatic heterocycles. The molecule has 0 aliphatic rings. The minimum absolute atomic E-state index is 0.0196. The van der Waals surface area contributed by atoms with Gasteiger partial charge in [0.2, 0.25) is 0 Å². The van der Waals surface area contributed by atoms with Crippen LogP contribution in [-0.2, 0) is 20.0 Å². The van der Waals surface area contributed by atoms with E-state index in [4.69, 9.17) is 55.5 Å². The summed E-state index contributed by atoms with van der Waals surface area (Å²) in [5.74, 6) is 0.530. The maximum Gasteiger partial charge on any atom is 0.331 e. The molecule has 0 bridgehead atoms. The number of rotatable bonds is 11. The minimum Gasteiger partial charge on any atom is -0.508 e. The zero-order chi connectivity index (χ0) is 17.3. The molecule has 9 heteroatoms. The molecule has 0 spiro atoms. The molecule has 0 amide bonds. The summed E-state index contributed by atoms with van der Waals surface area (Å²) in [6, 6.07) is 6.61. The average Bonchev–Trinajstić information content (AvgIpc) is 2.57. The number of aryl methyl sites for hydroxylation is 1. The molecule has 0 saturated carbocycles. The van der Waals surface area contributed by atoms with Crippen LogP contribution in [0, 0.1) is 0 Å². The lowest BCUT2D eigenvalue weighted by Gasteiger charge is -2.20. The van der Waals surface area contributed by atoms with Gasteiger partial charge in [0, 0.05) is 11.8 Å². The lowest BCUT2D eigenvalue weighted by molar-refractivity contribution is 0.207. The molecule has 1 N–H and O–H groups in total. The maximum absolute atomic E-state index is 12.8. The molecule has 1 rings (SSSR count). The Hall–Kier alpha value is 0.330. The van der Waals surface area contributed by atoms with Crippen LogP contribution in [0.1, 0.15) is 5.56 Å². The standard InChI is InChI=1S/C14H19Cl4O4P/c15-7-12(17)9-21-23(20,22-10-13(18)8-16)6-5-11-1-3-14(19)4-2-11/h1-4,12-13,19H,5-10H2. The van der Waals surface area contributed by atoms with E-state index in [1.807, 2.05) is 0 Å². The van der Waals surface area contributed by atoms with Gasteiger partial charge in [0.15, 0.2) is 0 Å². The van der Waals surface area contributed by atoms with Crippen LogP contribution in [0.4, 0.5) is 0 Å². The Bertz CT molecular complexity index is 482. The van der Waals surface area contributed by atoms with Crippen molar-refractivity contribution in [3.8, 4) is 5.75 Å². The zero-order valence-corrected chi connectivity index (χ0v) is 16.3. The molecule has 0 aliphatic heterocycles. The fourth-order valence-corrected chi connectivity index (χ4v) is 3.73. The first-order valence-electron chi connectivity index (χ1n) is 6.94. The number of benzene rings is 1. The van der Waals surface area contributed by atoms with Gasteiger partial charge in [-0.15, -0.1) is 46.4 Å². The van der Waals surface area contributed by atoms with Gasteiger partial charge in [-0.25, -0.2) is 0 Å². The second kappa shape index (κ2) is 11.0. The summed E-state index contributed by atoms with van der Waals surface area (Å²) in [6.45, 7) is 0.0392. The Morgan fingerprint density at radius 2 is 1.48 bits per heavy atom. The molecular formula is C14H19Cl4O4P. The first-order chi connectivity index (χ1) is 10.9. The third kappa shape index (κ3) is 8.83. The van der Waals surface area contributed by atoms with Gasteiger partial charge in [-0.05, 0) is 24.1 Å². The van der Waals surface area contributed by atoms with Crippen LogP contribution in [0.25, 0.3) is 0 Å². The smallest absolute Gasteiger partial charge is 0.331 e. The van der Waals surface area contributed by atoms with E-state index in [1.165, 1.54) is 0 Å². The number of hydrogen-bond donors (Lipinski definition) is 1. The lowest BCUT2D eigenvalue weighted by Crippen LogP contribution is -2.15. The van der Waals surface area contributed by atoms with Gasteiger partial charge >= 0.3 is 7.60 Å².